The molecule has 2 amide bonds. The van der Waals surface area contributed by atoms with Crippen LogP contribution >= 0.6 is 0 Å². The predicted molar refractivity (Wildman–Crippen MR) is 114 cm³/mol. The highest BCUT2D eigenvalue weighted by Crippen LogP contribution is 2.26. The fourth-order valence-corrected chi connectivity index (χ4v) is 4.55. The normalized spacial score (nSPS) is 23.6. The number of nitrogens with zero attached hydrogens (tertiary/aromatic N) is 2. The first kappa shape index (κ1) is 20.5. The Balaban J connectivity index is 1.17. The third kappa shape index (κ3) is 4.70. The second-order valence-corrected chi connectivity index (χ2v) is 8.28. The fourth-order valence-electron chi connectivity index (χ4n) is 4.55. The van der Waals surface area contributed by atoms with Gasteiger partial charge in [-0.2, -0.15) is 0 Å². The van der Waals surface area contributed by atoms with Gasteiger partial charge in [-0.15, -0.1) is 0 Å². The maximum absolute atomic E-state index is 12.5. The number of fused-ring (bicyclic) bond motifs is 2. The van der Waals surface area contributed by atoms with E-state index in [1.807, 2.05) is 18.2 Å². The summed E-state index contributed by atoms with van der Waals surface area (Å²) >= 11 is 0. The number of carbonyl (C=O) groups is 2. The van der Waals surface area contributed by atoms with Crippen LogP contribution in [0.3, 0.4) is 0 Å². The molecule has 3 atom stereocenters. The number of aryl methyl sites for hydroxylation is 1. The summed E-state index contributed by atoms with van der Waals surface area (Å²) in [6, 6.07) is 7.66. The molecule has 3 unspecified atom stereocenters. The molecule has 1 aliphatic heterocycles. The highest BCUT2D eigenvalue weighted by Gasteiger charge is 2.37. The van der Waals surface area contributed by atoms with Gasteiger partial charge in [-0.05, 0) is 44.2 Å². The summed E-state index contributed by atoms with van der Waals surface area (Å²) in [4.78, 5) is 41.1. The number of hydrogen-bond donors (Lipinski definition) is 3. The lowest BCUT2D eigenvalue weighted by Crippen LogP contribution is -2.59. The molecule has 1 aliphatic carbocycles. The SMILES string of the molecule is O=C(CCCCCn1cnc2ccccc2c1=O)NC1CCC2NCNC(=O)C2C1. The van der Waals surface area contributed by atoms with Gasteiger partial charge in [0.25, 0.3) is 5.56 Å². The molecule has 30 heavy (non-hydrogen) atoms. The van der Waals surface area contributed by atoms with Crippen molar-refractivity contribution in [2.24, 2.45) is 5.92 Å². The Morgan fingerprint density at radius 2 is 2.03 bits per heavy atom. The molecule has 2 heterocycles. The Bertz CT molecular complexity index is 973. The van der Waals surface area contributed by atoms with Crippen LogP contribution in [0, 0.1) is 5.92 Å². The molecular weight excluding hydrogens is 382 g/mol. The van der Waals surface area contributed by atoms with E-state index in [-0.39, 0.29) is 35.4 Å². The molecule has 2 aromatic rings. The van der Waals surface area contributed by atoms with Crippen molar-refractivity contribution in [3.05, 3.63) is 40.9 Å². The summed E-state index contributed by atoms with van der Waals surface area (Å²) in [5.74, 6) is 0.0926. The molecule has 8 heteroatoms. The number of rotatable bonds is 7. The Hall–Kier alpha value is -2.74. The van der Waals surface area contributed by atoms with Gasteiger partial charge in [-0.25, -0.2) is 4.98 Å². The van der Waals surface area contributed by atoms with Crippen LogP contribution in [0.1, 0.15) is 44.9 Å². The number of benzene rings is 1. The van der Waals surface area contributed by atoms with Gasteiger partial charge in [0.1, 0.15) is 0 Å². The van der Waals surface area contributed by atoms with Crippen molar-refractivity contribution in [3.63, 3.8) is 0 Å². The molecule has 1 saturated carbocycles. The molecule has 0 spiro atoms. The van der Waals surface area contributed by atoms with E-state index in [0.29, 0.717) is 37.0 Å². The monoisotopic (exact) mass is 411 g/mol. The number of hydrogen-bond acceptors (Lipinski definition) is 5. The van der Waals surface area contributed by atoms with E-state index in [2.05, 4.69) is 20.9 Å². The van der Waals surface area contributed by atoms with Crippen LogP contribution in [-0.2, 0) is 16.1 Å². The average molecular weight is 412 g/mol. The Morgan fingerprint density at radius 3 is 2.93 bits per heavy atom. The predicted octanol–water partition coefficient (Wildman–Crippen LogP) is 1.29. The standard InChI is InChI=1S/C22H29N5O3/c28-20(26-15-9-10-19-17(12-15)21(29)24-13-23-19)8-2-1-5-11-27-14-25-18-7-4-3-6-16(18)22(27)30/h3-4,6-7,14-15,17,19,23H,1-2,5,8-13H2,(H,24,29)(H,26,28). The summed E-state index contributed by atoms with van der Waals surface area (Å²) in [6.45, 7) is 1.14. The first-order valence-corrected chi connectivity index (χ1v) is 10.9. The van der Waals surface area contributed by atoms with E-state index >= 15 is 0 Å². The lowest BCUT2D eigenvalue weighted by atomic mass is 9.80. The van der Waals surface area contributed by atoms with E-state index in [0.717, 1.165) is 32.1 Å². The van der Waals surface area contributed by atoms with Crippen molar-refractivity contribution in [1.82, 2.24) is 25.5 Å². The first-order chi connectivity index (χ1) is 14.6. The lowest BCUT2D eigenvalue weighted by Gasteiger charge is -2.39. The summed E-state index contributed by atoms with van der Waals surface area (Å²) in [5, 5.41) is 9.90. The number of amides is 2. The van der Waals surface area contributed by atoms with Gasteiger partial charge in [-0.1, -0.05) is 18.6 Å². The average Bonchev–Trinajstić information content (AvgIpc) is 2.76. The molecule has 0 bridgehead atoms. The molecular formula is C22H29N5O3. The molecule has 2 aliphatic rings. The Labute approximate surface area is 175 Å². The van der Waals surface area contributed by atoms with Crippen LogP contribution in [0.2, 0.25) is 0 Å². The second-order valence-electron chi connectivity index (χ2n) is 8.28. The number of unbranched alkanes of at least 4 members (excludes halogenated alkanes) is 2. The molecule has 160 valence electrons. The van der Waals surface area contributed by atoms with Crippen LogP contribution in [0.15, 0.2) is 35.4 Å². The smallest absolute Gasteiger partial charge is 0.261 e. The van der Waals surface area contributed by atoms with Crippen LogP contribution in [0.4, 0.5) is 0 Å². The minimum Gasteiger partial charge on any atom is -0.353 e. The van der Waals surface area contributed by atoms with Crippen LogP contribution in [0.5, 0.6) is 0 Å². The molecule has 1 aromatic heterocycles. The van der Waals surface area contributed by atoms with E-state index in [4.69, 9.17) is 0 Å². The topological polar surface area (TPSA) is 105 Å². The fraction of sp³-hybridized carbons (Fsp3) is 0.545. The lowest BCUT2D eigenvalue weighted by molar-refractivity contribution is -0.130. The van der Waals surface area contributed by atoms with Crippen LogP contribution in [0.25, 0.3) is 10.9 Å². The first-order valence-electron chi connectivity index (χ1n) is 10.9. The minimum atomic E-state index is -0.0494. The zero-order chi connectivity index (χ0) is 20.9. The van der Waals surface area contributed by atoms with Gasteiger partial charge in [0, 0.05) is 25.0 Å². The molecule has 8 nitrogen and oxygen atoms in total. The number of aromatic nitrogens is 2. The van der Waals surface area contributed by atoms with E-state index < -0.39 is 0 Å². The molecule has 0 radical (unpaired) electrons. The van der Waals surface area contributed by atoms with E-state index in [1.54, 1.807) is 17.0 Å². The van der Waals surface area contributed by atoms with Crippen molar-refractivity contribution in [2.75, 3.05) is 6.67 Å². The third-order valence-electron chi connectivity index (χ3n) is 6.21. The van der Waals surface area contributed by atoms with Crippen molar-refractivity contribution >= 4 is 22.7 Å². The highest BCUT2D eigenvalue weighted by atomic mass is 16.2. The summed E-state index contributed by atoms with van der Waals surface area (Å²) in [6.07, 6.45) is 7.07. The third-order valence-corrected chi connectivity index (χ3v) is 6.21. The van der Waals surface area contributed by atoms with Crippen molar-refractivity contribution in [1.29, 1.82) is 0 Å². The quantitative estimate of drug-likeness (QED) is 0.596. The summed E-state index contributed by atoms with van der Waals surface area (Å²) < 4.78 is 1.64. The minimum absolute atomic E-state index is 0.0183. The Kier molecular flexibility index (Phi) is 6.42. The molecule has 1 aromatic carbocycles. The summed E-state index contributed by atoms with van der Waals surface area (Å²) in [5.41, 5.74) is 0.695. The maximum Gasteiger partial charge on any atom is 0.261 e. The maximum atomic E-state index is 12.5. The largest absolute Gasteiger partial charge is 0.353 e. The van der Waals surface area contributed by atoms with Crippen LogP contribution in [-0.4, -0.2) is 40.1 Å². The summed E-state index contributed by atoms with van der Waals surface area (Å²) in [7, 11) is 0. The van der Waals surface area contributed by atoms with Crippen molar-refractivity contribution in [3.8, 4) is 0 Å². The Morgan fingerprint density at radius 1 is 1.17 bits per heavy atom. The molecule has 2 fully saturated rings. The zero-order valence-electron chi connectivity index (χ0n) is 17.1. The van der Waals surface area contributed by atoms with Crippen molar-refractivity contribution < 1.29 is 9.59 Å². The number of carbonyl (C=O) groups excluding carboxylic acids is 2. The molecule has 3 N–H and O–H groups in total. The van der Waals surface area contributed by atoms with Gasteiger partial charge in [0.2, 0.25) is 11.8 Å². The van der Waals surface area contributed by atoms with Gasteiger partial charge in [-0.3, -0.25) is 24.3 Å². The number of para-hydroxylation sites is 1. The number of nitrogens with one attached hydrogen (secondary N) is 3. The van der Waals surface area contributed by atoms with Gasteiger partial charge < -0.3 is 10.6 Å². The van der Waals surface area contributed by atoms with Crippen LogP contribution < -0.4 is 21.5 Å². The molecule has 1 saturated heterocycles. The van der Waals surface area contributed by atoms with Gasteiger partial charge in [0.15, 0.2) is 0 Å². The highest BCUT2D eigenvalue weighted by molar-refractivity contribution is 5.81. The molecule has 4 rings (SSSR count). The van der Waals surface area contributed by atoms with Crippen molar-refractivity contribution in [2.45, 2.75) is 63.6 Å². The van der Waals surface area contributed by atoms with E-state index in [9.17, 15) is 14.4 Å². The second kappa shape index (κ2) is 9.38. The van der Waals surface area contributed by atoms with Gasteiger partial charge in [0.05, 0.1) is 29.8 Å². The van der Waals surface area contributed by atoms with Gasteiger partial charge >= 0.3 is 0 Å². The zero-order valence-corrected chi connectivity index (χ0v) is 17.1. The van der Waals surface area contributed by atoms with E-state index in [1.165, 1.54) is 0 Å².